The van der Waals surface area contributed by atoms with Crippen LogP contribution >= 0.6 is 0 Å². The predicted octanol–water partition coefficient (Wildman–Crippen LogP) is 3.04. The number of halogens is 1. The van der Waals surface area contributed by atoms with E-state index in [0.29, 0.717) is 40.3 Å². The van der Waals surface area contributed by atoms with E-state index in [9.17, 15) is 9.32 Å². The van der Waals surface area contributed by atoms with Crippen molar-refractivity contribution in [2.75, 3.05) is 5.73 Å². The van der Waals surface area contributed by atoms with Crippen LogP contribution in [0.3, 0.4) is 0 Å². The lowest BCUT2D eigenvalue weighted by molar-refractivity contribution is -0.00775. The van der Waals surface area contributed by atoms with Crippen molar-refractivity contribution in [2.45, 2.75) is 13.3 Å². The van der Waals surface area contributed by atoms with E-state index in [1.807, 2.05) is 6.92 Å². The number of benzene rings is 1. The highest BCUT2D eigenvalue weighted by atomic mass is 19.3. The Morgan fingerprint density at radius 3 is 2.68 bits per heavy atom. The summed E-state index contributed by atoms with van der Waals surface area (Å²) in [6, 6.07) is 7.41. The van der Waals surface area contributed by atoms with Crippen molar-refractivity contribution in [3.05, 3.63) is 65.2 Å². The van der Waals surface area contributed by atoms with E-state index < -0.39 is 11.7 Å². The quantitative estimate of drug-likeness (QED) is 0.671. The number of hydrogen-bond donors (Lipinski definition) is 2. The van der Waals surface area contributed by atoms with Gasteiger partial charge in [0, 0.05) is 21.8 Å². The molecule has 0 atom stereocenters. The molecule has 140 valence electrons. The summed E-state index contributed by atoms with van der Waals surface area (Å²) in [7, 11) is 0. The molecule has 0 aliphatic heterocycles. The molecule has 0 amide bonds. The van der Waals surface area contributed by atoms with E-state index in [4.69, 9.17) is 10.8 Å². The van der Waals surface area contributed by atoms with Crippen LogP contribution in [-0.2, 0) is 6.42 Å². The zero-order valence-corrected chi connectivity index (χ0v) is 14.8. The molecule has 0 radical (unpaired) electrons. The molecule has 0 aliphatic carbocycles. The lowest BCUT2D eigenvalue weighted by Crippen LogP contribution is -2.02. The highest BCUT2D eigenvalue weighted by molar-refractivity contribution is 5.92. The lowest BCUT2D eigenvalue weighted by atomic mass is 10.0. The minimum absolute atomic E-state index is 0.295. The van der Waals surface area contributed by atoms with Gasteiger partial charge in [0.25, 0.3) is 0 Å². The van der Waals surface area contributed by atoms with Crippen molar-refractivity contribution in [3.63, 3.8) is 0 Å². The molecule has 0 fully saturated rings. The molecule has 28 heavy (non-hydrogen) atoms. The largest absolute Gasteiger partial charge is 0.478 e. The van der Waals surface area contributed by atoms with Gasteiger partial charge < -0.3 is 10.8 Å². The Labute approximate surface area is 160 Å². The van der Waals surface area contributed by atoms with Gasteiger partial charge in [-0.05, 0) is 30.7 Å². The standard InChI is InChI=1S/C20H15FN4O3/c1-2-16-14(6-3-12-4-8-18(22)23-10-12)19(25-11-24-16)13-5-7-15(20(26)27)17(9-13)28-21/h4-5,7-11H,2H2,1H3,(H2,22,23)(H,26,27). The summed E-state index contributed by atoms with van der Waals surface area (Å²) in [5, 5.41) is 9.12. The fourth-order valence-electron chi connectivity index (χ4n) is 2.56. The van der Waals surface area contributed by atoms with Crippen LogP contribution in [0.4, 0.5) is 10.3 Å². The first-order valence-corrected chi connectivity index (χ1v) is 8.27. The van der Waals surface area contributed by atoms with Gasteiger partial charge in [-0.3, -0.25) is 4.94 Å². The zero-order valence-electron chi connectivity index (χ0n) is 14.8. The average Bonchev–Trinajstić information content (AvgIpc) is 2.72. The van der Waals surface area contributed by atoms with E-state index in [-0.39, 0.29) is 5.56 Å². The van der Waals surface area contributed by atoms with Crippen molar-refractivity contribution in [2.24, 2.45) is 0 Å². The second-order valence-corrected chi connectivity index (χ2v) is 5.71. The average molecular weight is 378 g/mol. The third kappa shape index (κ3) is 3.88. The molecule has 2 heterocycles. The summed E-state index contributed by atoms with van der Waals surface area (Å²) in [5.41, 5.74) is 8.08. The molecular weight excluding hydrogens is 363 g/mol. The minimum Gasteiger partial charge on any atom is -0.478 e. The van der Waals surface area contributed by atoms with E-state index in [1.165, 1.54) is 24.5 Å². The first-order chi connectivity index (χ1) is 13.5. The number of pyridine rings is 1. The van der Waals surface area contributed by atoms with Gasteiger partial charge >= 0.3 is 5.97 Å². The van der Waals surface area contributed by atoms with Crippen LogP contribution in [0.5, 0.6) is 5.75 Å². The molecule has 8 heteroatoms. The van der Waals surface area contributed by atoms with E-state index in [1.54, 1.807) is 18.3 Å². The second-order valence-electron chi connectivity index (χ2n) is 5.71. The number of hydrogen-bond acceptors (Lipinski definition) is 6. The maximum Gasteiger partial charge on any atom is 0.339 e. The molecule has 3 aromatic rings. The number of nitrogens with two attached hydrogens (primary N) is 1. The molecule has 0 saturated heterocycles. The van der Waals surface area contributed by atoms with Crippen molar-refractivity contribution >= 4 is 11.8 Å². The highest BCUT2D eigenvalue weighted by Crippen LogP contribution is 2.29. The summed E-state index contributed by atoms with van der Waals surface area (Å²) in [6.07, 6.45) is 3.53. The highest BCUT2D eigenvalue weighted by Gasteiger charge is 2.17. The summed E-state index contributed by atoms with van der Waals surface area (Å²) >= 11 is 0. The number of nitrogens with zero attached hydrogens (tertiary/aromatic N) is 3. The number of carboxylic acid groups (broad SMARTS) is 1. The Bertz CT molecular complexity index is 1090. The number of rotatable bonds is 4. The number of aromatic nitrogens is 3. The summed E-state index contributed by atoms with van der Waals surface area (Å²) in [4.78, 5) is 27.4. The van der Waals surface area contributed by atoms with Crippen molar-refractivity contribution in [1.82, 2.24) is 15.0 Å². The van der Waals surface area contributed by atoms with E-state index in [0.717, 1.165) is 0 Å². The topological polar surface area (TPSA) is 111 Å². The molecule has 0 spiro atoms. The van der Waals surface area contributed by atoms with Crippen LogP contribution in [0, 0.1) is 11.8 Å². The van der Waals surface area contributed by atoms with Crippen LogP contribution in [0.1, 0.15) is 34.1 Å². The normalized spacial score (nSPS) is 10.1. The molecule has 0 saturated carbocycles. The molecule has 0 bridgehead atoms. The number of carboxylic acids is 1. The first-order valence-electron chi connectivity index (χ1n) is 8.27. The Morgan fingerprint density at radius 1 is 1.21 bits per heavy atom. The fraction of sp³-hybridized carbons (Fsp3) is 0.100. The molecule has 3 N–H and O–H groups in total. The SMILES string of the molecule is CCc1ncnc(-c2ccc(C(=O)O)c(OF)c2)c1C#Cc1ccc(N)nc1. The number of nitrogen functional groups attached to an aromatic ring is 1. The summed E-state index contributed by atoms with van der Waals surface area (Å²) in [6.45, 7) is 1.92. The van der Waals surface area contributed by atoms with Crippen LogP contribution in [0.25, 0.3) is 11.3 Å². The summed E-state index contributed by atoms with van der Waals surface area (Å²) in [5.74, 6) is 4.70. The van der Waals surface area contributed by atoms with Crippen molar-refractivity contribution in [3.8, 4) is 28.8 Å². The molecular formula is C20H15FN4O3. The molecule has 0 unspecified atom stereocenters. The molecule has 7 nitrogen and oxygen atoms in total. The Balaban J connectivity index is 2.13. The Morgan fingerprint density at radius 2 is 2.04 bits per heavy atom. The molecule has 2 aromatic heterocycles. The molecule has 3 rings (SSSR count). The second kappa shape index (κ2) is 8.14. The van der Waals surface area contributed by atoms with Gasteiger partial charge in [0.15, 0.2) is 5.75 Å². The molecule has 0 aliphatic rings. The fourth-order valence-corrected chi connectivity index (χ4v) is 2.56. The molecule has 1 aromatic carbocycles. The van der Waals surface area contributed by atoms with Crippen LogP contribution in [-0.4, -0.2) is 26.0 Å². The van der Waals surface area contributed by atoms with E-state index >= 15 is 0 Å². The van der Waals surface area contributed by atoms with Gasteiger partial charge in [-0.25, -0.2) is 19.7 Å². The number of carbonyl (C=O) groups is 1. The smallest absolute Gasteiger partial charge is 0.339 e. The predicted molar refractivity (Wildman–Crippen MR) is 100 cm³/mol. The minimum atomic E-state index is -1.30. The maximum atomic E-state index is 12.8. The third-order valence-corrected chi connectivity index (χ3v) is 3.95. The summed E-state index contributed by atoms with van der Waals surface area (Å²) < 4.78 is 12.8. The monoisotopic (exact) mass is 378 g/mol. The third-order valence-electron chi connectivity index (χ3n) is 3.95. The van der Waals surface area contributed by atoms with Gasteiger partial charge in [-0.2, -0.15) is 0 Å². The van der Waals surface area contributed by atoms with Crippen molar-refractivity contribution < 1.29 is 19.4 Å². The lowest BCUT2D eigenvalue weighted by Gasteiger charge is -2.09. The van der Waals surface area contributed by atoms with Gasteiger partial charge in [0.05, 0.1) is 17.0 Å². The maximum absolute atomic E-state index is 12.8. The van der Waals surface area contributed by atoms with Crippen molar-refractivity contribution in [1.29, 1.82) is 0 Å². The Kier molecular flexibility index (Phi) is 5.46. The number of anilines is 1. The number of aryl methyl sites for hydroxylation is 1. The van der Waals surface area contributed by atoms with Gasteiger partial charge in [-0.15, -0.1) is 0 Å². The Hall–Kier alpha value is -3.99. The van der Waals surface area contributed by atoms with E-state index in [2.05, 4.69) is 31.7 Å². The van der Waals surface area contributed by atoms with Gasteiger partial charge in [0.1, 0.15) is 17.7 Å². The van der Waals surface area contributed by atoms with Crippen LogP contribution in [0.2, 0.25) is 0 Å². The van der Waals surface area contributed by atoms with Crippen LogP contribution < -0.4 is 10.7 Å². The first kappa shape index (κ1) is 18.8. The van der Waals surface area contributed by atoms with Crippen LogP contribution in [0.15, 0.2) is 42.9 Å². The van der Waals surface area contributed by atoms with Gasteiger partial charge in [-0.1, -0.05) is 24.8 Å². The number of aromatic carboxylic acids is 1. The zero-order chi connectivity index (χ0) is 20.1. The van der Waals surface area contributed by atoms with Gasteiger partial charge in [0.2, 0.25) is 0 Å².